The van der Waals surface area contributed by atoms with Crippen LogP contribution in [0.5, 0.6) is 0 Å². The standard InChI is InChI=1S/C32H53NO5Si2/c1-13-17-26(39(8,9)10)23(14-2)27(34)31(6,29(35)36-7)22-33-25-19-16-15-18-24(25)32(20-21-37-28(32)33)38-40(11,12)30(3,4)5/h14-16,18-19,26,28H,13,17,20-22H2,1-12H3/b23-14+/t26?,28-,31-,32+/m0/s1. The summed E-state index contributed by atoms with van der Waals surface area (Å²) in [4.78, 5) is 30.3. The predicted molar refractivity (Wildman–Crippen MR) is 169 cm³/mol. The van der Waals surface area contributed by atoms with Crippen molar-refractivity contribution >= 4 is 33.8 Å². The quantitative estimate of drug-likeness (QED) is 0.115. The van der Waals surface area contributed by atoms with Crippen molar-refractivity contribution in [1.29, 1.82) is 0 Å². The van der Waals surface area contributed by atoms with E-state index >= 15 is 0 Å². The number of carbonyl (C=O) groups excluding carboxylic acids is 2. The molecule has 1 unspecified atom stereocenters. The van der Waals surface area contributed by atoms with Crippen LogP contribution >= 0.6 is 0 Å². The van der Waals surface area contributed by atoms with Crippen molar-refractivity contribution in [3.8, 4) is 0 Å². The van der Waals surface area contributed by atoms with Crippen molar-refractivity contribution in [2.24, 2.45) is 5.41 Å². The van der Waals surface area contributed by atoms with Gasteiger partial charge in [-0.15, -0.1) is 0 Å². The van der Waals surface area contributed by atoms with Gasteiger partial charge in [0.15, 0.2) is 20.3 Å². The summed E-state index contributed by atoms with van der Waals surface area (Å²) >= 11 is 0. The van der Waals surface area contributed by atoms with Crippen molar-refractivity contribution in [3.05, 3.63) is 41.5 Å². The van der Waals surface area contributed by atoms with E-state index in [1.54, 1.807) is 6.92 Å². The van der Waals surface area contributed by atoms with Crippen LogP contribution in [0.3, 0.4) is 0 Å². The van der Waals surface area contributed by atoms with Crippen LogP contribution in [0.2, 0.25) is 43.3 Å². The SMILES string of the molecule is C/C=C(/C(=O)[C@](C)(CN1c2ccccc2[C@]2(O[Si](C)(C)C(C)(C)C)CCO[C@H]12)C(=O)OC)C(CCC)[Si](C)(C)C. The first kappa shape index (κ1) is 32.8. The Balaban J connectivity index is 2.12. The summed E-state index contributed by atoms with van der Waals surface area (Å²) in [7, 11) is -2.59. The number of allylic oxidation sites excluding steroid dienone is 2. The van der Waals surface area contributed by atoms with Crippen LogP contribution < -0.4 is 4.90 Å². The molecule has 4 atom stereocenters. The second-order valence-corrected chi connectivity index (χ2v) is 24.6. The largest absolute Gasteiger partial charge is 0.468 e. The Labute approximate surface area is 245 Å². The third-order valence-electron chi connectivity index (χ3n) is 9.54. The molecule has 0 amide bonds. The maximum atomic E-state index is 14.6. The second kappa shape index (κ2) is 11.5. The van der Waals surface area contributed by atoms with Gasteiger partial charge in [-0.2, -0.15) is 0 Å². The van der Waals surface area contributed by atoms with E-state index in [9.17, 15) is 9.59 Å². The number of rotatable bonds is 11. The molecule has 0 radical (unpaired) electrons. The molecule has 1 saturated heterocycles. The van der Waals surface area contributed by atoms with Gasteiger partial charge >= 0.3 is 5.97 Å². The van der Waals surface area contributed by atoms with Crippen molar-refractivity contribution in [3.63, 3.8) is 0 Å². The highest BCUT2D eigenvalue weighted by Gasteiger charge is 2.61. The summed E-state index contributed by atoms with van der Waals surface area (Å²) in [6, 6.07) is 8.24. The molecule has 0 aromatic heterocycles. The molecule has 2 aliphatic heterocycles. The lowest BCUT2D eigenvalue weighted by molar-refractivity contribution is -0.155. The van der Waals surface area contributed by atoms with Crippen LogP contribution in [-0.2, 0) is 29.1 Å². The fourth-order valence-corrected chi connectivity index (χ4v) is 10.2. The van der Waals surface area contributed by atoms with Crippen LogP contribution in [0.15, 0.2) is 35.9 Å². The molecule has 224 valence electrons. The van der Waals surface area contributed by atoms with Gasteiger partial charge in [0.1, 0.15) is 11.0 Å². The van der Waals surface area contributed by atoms with E-state index < -0.39 is 39.6 Å². The van der Waals surface area contributed by atoms with Crippen LogP contribution in [0.1, 0.15) is 66.4 Å². The number of ketones is 1. The van der Waals surface area contributed by atoms with E-state index in [0.29, 0.717) is 6.61 Å². The predicted octanol–water partition coefficient (Wildman–Crippen LogP) is 7.67. The number of carbonyl (C=O) groups is 2. The topological polar surface area (TPSA) is 65.1 Å². The number of ether oxygens (including phenoxy) is 2. The van der Waals surface area contributed by atoms with E-state index in [1.807, 2.05) is 25.1 Å². The number of hydrogen-bond acceptors (Lipinski definition) is 6. The molecule has 40 heavy (non-hydrogen) atoms. The first-order valence-corrected chi connectivity index (χ1v) is 21.4. The Morgan fingerprint density at radius 3 is 2.30 bits per heavy atom. The van der Waals surface area contributed by atoms with E-state index in [-0.39, 0.29) is 22.9 Å². The van der Waals surface area contributed by atoms with Crippen molar-refractivity contribution in [1.82, 2.24) is 0 Å². The van der Waals surface area contributed by atoms with Gasteiger partial charge in [-0.25, -0.2) is 0 Å². The number of hydrogen-bond donors (Lipinski definition) is 0. The van der Waals surface area contributed by atoms with E-state index in [0.717, 1.165) is 36.1 Å². The number of nitrogens with zero attached hydrogens (tertiary/aromatic N) is 1. The highest BCUT2D eigenvalue weighted by molar-refractivity contribution is 6.78. The van der Waals surface area contributed by atoms with Crippen molar-refractivity contribution < 1.29 is 23.5 Å². The minimum absolute atomic E-state index is 0.0136. The first-order valence-electron chi connectivity index (χ1n) is 14.9. The molecule has 1 aromatic carbocycles. The monoisotopic (exact) mass is 587 g/mol. The molecular formula is C32H53NO5Si2. The second-order valence-electron chi connectivity index (χ2n) is 14.5. The van der Waals surface area contributed by atoms with Gasteiger partial charge in [0.25, 0.3) is 0 Å². The molecule has 0 bridgehead atoms. The Bertz CT molecular complexity index is 1130. The van der Waals surface area contributed by atoms with Crippen LogP contribution in [0.25, 0.3) is 0 Å². The number of Topliss-reactive ketones (excluding diaryl/α,β-unsaturated/α-hetero) is 1. The lowest BCUT2D eigenvalue weighted by Crippen LogP contribution is -2.56. The molecule has 0 spiro atoms. The summed E-state index contributed by atoms with van der Waals surface area (Å²) < 4.78 is 19.0. The Hall–Kier alpha value is -1.75. The Kier molecular flexibility index (Phi) is 9.42. The highest BCUT2D eigenvalue weighted by Crippen LogP contribution is 2.56. The fraction of sp³-hybridized carbons (Fsp3) is 0.688. The maximum Gasteiger partial charge on any atom is 0.321 e. The lowest BCUT2D eigenvalue weighted by atomic mass is 9.79. The molecule has 2 heterocycles. The van der Waals surface area contributed by atoms with Gasteiger partial charge in [0.2, 0.25) is 0 Å². The summed E-state index contributed by atoms with van der Waals surface area (Å²) in [5.74, 6) is -0.651. The molecule has 3 rings (SSSR count). The molecule has 1 aromatic rings. The van der Waals surface area contributed by atoms with E-state index in [1.165, 1.54) is 7.11 Å². The number of fused-ring (bicyclic) bond motifs is 3. The molecule has 2 aliphatic rings. The third kappa shape index (κ3) is 5.66. The summed E-state index contributed by atoms with van der Waals surface area (Å²) in [5, 5.41) is 0.0136. The third-order valence-corrected chi connectivity index (χ3v) is 16.7. The van der Waals surface area contributed by atoms with Gasteiger partial charge in [-0.1, -0.05) is 78.0 Å². The van der Waals surface area contributed by atoms with E-state index in [4.69, 9.17) is 13.9 Å². The maximum absolute atomic E-state index is 14.6. The van der Waals surface area contributed by atoms with Crippen LogP contribution in [0, 0.1) is 5.41 Å². The first-order chi connectivity index (χ1) is 18.4. The number of methoxy groups -OCH3 is 1. The van der Waals surface area contributed by atoms with Crippen molar-refractivity contribution in [2.75, 3.05) is 25.2 Å². The summed E-state index contributed by atoms with van der Waals surface area (Å²) in [6.07, 6.45) is 4.16. The molecule has 0 aliphatic carbocycles. The van der Waals surface area contributed by atoms with Crippen LogP contribution in [-0.4, -0.2) is 54.6 Å². The number of anilines is 1. The molecule has 1 fully saturated rings. The number of para-hydroxylation sites is 1. The number of esters is 1. The Morgan fingerprint density at radius 1 is 1.15 bits per heavy atom. The zero-order valence-corrected chi connectivity index (χ0v) is 29.1. The smallest absolute Gasteiger partial charge is 0.321 e. The fourth-order valence-electron chi connectivity index (χ4n) is 6.28. The summed E-state index contributed by atoms with van der Waals surface area (Å²) in [6.45, 7) is 24.7. The van der Waals surface area contributed by atoms with Gasteiger partial charge in [0, 0.05) is 24.2 Å². The normalized spacial score (nSPS) is 23.9. The van der Waals surface area contributed by atoms with Crippen molar-refractivity contribution in [2.45, 2.75) is 116 Å². The average molecular weight is 588 g/mol. The minimum Gasteiger partial charge on any atom is -0.468 e. The van der Waals surface area contributed by atoms with Crippen LogP contribution in [0.4, 0.5) is 5.69 Å². The zero-order valence-electron chi connectivity index (χ0n) is 27.1. The average Bonchev–Trinajstić information content (AvgIpc) is 3.37. The minimum atomic E-state index is -2.21. The van der Waals surface area contributed by atoms with E-state index in [2.05, 4.69) is 77.5 Å². The highest BCUT2D eigenvalue weighted by atomic mass is 28.4. The molecule has 0 saturated carbocycles. The molecule has 6 nitrogen and oxygen atoms in total. The molecule has 8 heteroatoms. The zero-order chi connectivity index (χ0) is 30.3. The lowest BCUT2D eigenvalue weighted by Gasteiger charge is -2.45. The molecular weight excluding hydrogens is 535 g/mol. The van der Waals surface area contributed by atoms with Gasteiger partial charge < -0.3 is 18.8 Å². The van der Waals surface area contributed by atoms with Gasteiger partial charge in [-0.05, 0) is 55.6 Å². The summed E-state index contributed by atoms with van der Waals surface area (Å²) in [5.41, 5.74) is 0.914. The number of benzene rings is 1. The van der Waals surface area contributed by atoms with Gasteiger partial charge in [0.05, 0.1) is 21.8 Å². The Morgan fingerprint density at radius 2 is 1.77 bits per heavy atom. The van der Waals surface area contributed by atoms with Gasteiger partial charge in [-0.3, -0.25) is 9.59 Å². The molecule has 0 N–H and O–H groups in total.